The van der Waals surface area contributed by atoms with Crippen molar-refractivity contribution in [3.8, 4) is 17.2 Å². The van der Waals surface area contributed by atoms with Crippen LogP contribution in [0.25, 0.3) is 5.69 Å². The molecule has 0 saturated carbocycles. The molecule has 0 atom stereocenters. The Hall–Kier alpha value is -2.84. The minimum atomic E-state index is -0.279. The standard InChI is InChI=1S/C21H18FN3O2S2/c1-26-18-8-4-17(5-9-18)25-11-10-23-21(25)29-14-16-13-28-20(24-16)12-27-19-6-2-15(22)3-7-19/h2-11,13H,12,14H2,1H3. The second-order valence-corrected chi connectivity index (χ2v) is 7.93. The Balaban J connectivity index is 1.35. The van der Waals surface area contributed by atoms with E-state index >= 15 is 0 Å². The van der Waals surface area contributed by atoms with E-state index in [1.807, 2.05) is 40.4 Å². The quantitative estimate of drug-likeness (QED) is 0.355. The number of methoxy groups -OCH3 is 1. The molecule has 4 rings (SSSR count). The van der Waals surface area contributed by atoms with Crippen molar-refractivity contribution in [1.82, 2.24) is 14.5 Å². The number of hydrogen-bond donors (Lipinski definition) is 0. The highest BCUT2D eigenvalue weighted by Crippen LogP contribution is 2.26. The molecule has 0 aliphatic carbocycles. The van der Waals surface area contributed by atoms with Crippen LogP contribution in [0.1, 0.15) is 10.7 Å². The van der Waals surface area contributed by atoms with Gasteiger partial charge in [-0.2, -0.15) is 0 Å². The van der Waals surface area contributed by atoms with Crippen LogP contribution in [-0.4, -0.2) is 21.6 Å². The molecule has 29 heavy (non-hydrogen) atoms. The number of aromatic nitrogens is 3. The van der Waals surface area contributed by atoms with E-state index in [9.17, 15) is 4.39 Å². The van der Waals surface area contributed by atoms with Crippen molar-refractivity contribution in [2.24, 2.45) is 0 Å². The molecule has 0 amide bonds. The number of ether oxygens (including phenoxy) is 2. The van der Waals surface area contributed by atoms with Crippen LogP contribution >= 0.6 is 23.1 Å². The number of halogens is 1. The molecule has 0 N–H and O–H groups in total. The Morgan fingerprint density at radius 1 is 1.07 bits per heavy atom. The van der Waals surface area contributed by atoms with E-state index in [-0.39, 0.29) is 5.82 Å². The zero-order chi connectivity index (χ0) is 20.1. The monoisotopic (exact) mass is 427 g/mol. The Morgan fingerprint density at radius 2 is 1.83 bits per heavy atom. The number of benzene rings is 2. The lowest BCUT2D eigenvalue weighted by atomic mass is 10.3. The summed E-state index contributed by atoms with van der Waals surface area (Å²) in [7, 11) is 1.65. The largest absolute Gasteiger partial charge is 0.497 e. The van der Waals surface area contributed by atoms with Crippen molar-refractivity contribution in [3.63, 3.8) is 0 Å². The molecule has 0 aliphatic rings. The van der Waals surface area contributed by atoms with Gasteiger partial charge in [0.25, 0.3) is 0 Å². The first kappa shape index (κ1) is 19.5. The second-order valence-electron chi connectivity index (χ2n) is 6.04. The minimum absolute atomic E-state index is 0.279. The van der Waals surface area contributed by atoms with Gasteiger partial charge in [-0.1, -0.05) is 11.8 Å². The van der Waals surface area contributed by atoms with Crippen LogP contribution in [-0.2, 0) is 12.4 Å². The van der Waals surface area contributed by atoms with Gasteiger partial charge in [-0.25, -0.2) is 14.4 Å². The van der Waals surface area contributed by atoms with Gasteiger partial charge in [0.15, 0.2) is 5.16 Å². The fourth-order valence-electron chi connectivity index (χ4n) is 2.63. The molecule has 0 radical (unpaired) electrons. The molecule has 0 spiro atoms. The molecule has 0 saturated heterocycles. The highest BCUT2D eigenvalue weighted by molar-refractivity contribution is 7.98. The maximum Gasteiger partial charge on any atom is 0.172 e. The van der Waals surface area contributed by atoms with E-state index in [0.717, 1.165) is 27.3 Å². The zero-order valence-electron chi connectivity index (χ0n) is 15.6. The van der Waals surface area contributed by atoms with E-state index < -0.39 is 0 Å². The van der Waals surface area contributed by atoms with Crippen molar-refractivity contribution >= 4 is 23.1 Å². The molecular formula is C21H18FN3O2S2. The van der Waals surface area contributed by atoms with Gasteiger partial charge in [0, 0.05) is 29.2 Å². The summed E-state index contributed by atoms with van der Waals surface area (Å²) in [4.78, 5) is 9.07. The van der Waals surface area contributed by atoms with Gasteiger partial charge in [-0.3, -0.25) is 4.57 Å². The summed E-state index contributed by atoms with van der Waals surface area (Å²) in [5.74, 6) is 1.87. The first-order valence-corrected chi connectivity index (χ1v) is 10.7. The van der Waals surface area contributed by atoms with Crippen LogP contribution < -0.4 is 9.47 Å². The summed E-state index contributed by atoms with van der Waals surface area (Å²) in [6.45, 7) is 0.363. The first-order valence-electron chi connectivity index (χ1n) is 8.83. The van der Waals surface area contributed by atoms with Crippen LogP contribution in [0.4, 0.5) is 4.39 Å². The summed E-state index contributed by atoms with van der Waals surface area (Å²) in [6.07, 6.45) is 3.72. The van der Waals surface area contributed by atoms with Gasteiger partial charge < -0.3 is 9.47 Å². The van der Waals surface area contributed by atoms with Crippen LogP contribution in [0.5, 0.6) is 11.5 Å². The highest BCUT2D eigenvalue weighted by atomic mass is 32.2. The van der Waals surface area contributed by atoms with Crippen molar-refractivity contribution in [3.05, 3.63) is 82.8 Å². The molecular weight excluding hydrogens is 409 g/mol. The summed E-state index contributed by atoms with van der Waals surface area (Å²) in [6, 6.07) is 13.8. The third-order valence-corrected chi connectivity index (χ3v) is 5.95. The Kier molecular flexibility index (Phi) is 6.12. The summed E-state index contributed by atoms with van der Waals surface area (Å²) in [5.41, 5.74) is 2.00. The number of thiazole rings is 1. The lowest BCUT2D eigenvalue weighted by Crippen LogP contribution is -1.97. The maximum absolute atomic E-state index is 12.9. The fraction of sp³-hybridized carbons (Fsp3) is 0.143. The topological polar surface area (TPSA) is 49.2 Å². The number of rotatable bonds is 8. The molecule has 8 heteroatoms. The van der Waals surface area contributed by atoms with Gasteiger partial charge in [-0.05, 0) is 48.5 Å². The lowest BCUT2D eigenvalue weighted by molar-refractivity contribution is 0.305. The van der Waals surface area contributed by atoms with Gasteiger partial charge >= 0.3 is 0 Å². The van der Waals surface area contributed by atoms with Crippen LogP contribution in [0.15, 0.2) is 71.5 Å². The molecule has 5 nitrogen and oxygen atoms in total. The zero-order valence-corrected chi connectivity index (χ0v) is 17.3. The van der Waals surface area contributed by atoms with Crippen LogP contribution in [0.2, 0.25) is 0 Å². The van der Waals surface area contributed by atoms with Crippen molar-refractivity contribution in [1.29, 1.82) is 0 Å². The lowest BCUT2D eigenvalue weighted by Gasteiger charge is -2.08. The average molecular weight is 428 g/mol. The van der Waals surface area contributed by atoms with Gasteiger partial charge in [-0.15, -0.1) is 11.3 Å². The normalized spacial score (nSPS) is 10.8. The summed E-state index contributed by atoms with van der Waals surface area (Å²) >= 11 is 3.17. The maximum atomic E-state index is 12.9. The van der Waals surface area contributed by atoms with Gasteiger partial charge in [0.05, 0.1) is 12.8 Å². The molecule has 0 fully saturated rings. The SMILES string of the molecule is COc1ccc(-n2ccnc2SCc2csc(COc3ccc(F)cc3)n2)cc1. The summed E-state index contributed by atoms with van der Waals surface area (Å²) < 4.78 is 25.8. The molecule has 148 valence electrons. The van der Waals surface area contributed by atoms with Crippen molar-refractivity contribution in [2.45, 2.75) is 17.5 Å². The van der Waals surface area contributed by atoms with Crippen LogP contribution in [0.3, 0.4) is 0 Å². The van der Waals surface area contributed by atoms with E-state index in [0.29, 0.717) is 18.1 Å². The molecule has 2 aromatic heterocycles. The number of imidazole rings is 1. The van der Waals surface area contributed by atoms with Crippen molar-refractivity contribution in [2.75, 3.05) is 7.11 Å². The van der Waals surface area contributed by atoms with Gasteiger partial charge in [0.2, 0.25) is 0 Å². The fourth-order valence-corrected chi connectivity index (χ4v) is 4.31. The smallest absolute Gasteiger partial charge is 0.172 e. The van der Waals surface area contributed by atoms with Crippen molar-refractivity contribution < 1.29 is 13.9 Å². The third-order valence-electron chi connectivity index (χ3n) is 4.08. The predicted molar refractivity (Wildman–Crippen MR) is 113 cm³/mol. The Labute approximate surface area is 176 Å². The molecule has 2 aromatic carbocycles. The van der Waals surface area contributed by atoms with Gasteiger partial charge in [0.1, 0.15) is 28.9 Å². The van der Waals surface area contributed by atoms with E-state index in [4.69, 9.17) is 9.47 Å². The molecule has 0 unspecified atom stereocenters. The summed E-state index contributed by atoms with van der Waals surface area (Å²) in [5, 5.41) is 3.80. The molecule has 0 bridgehead atoms. The van der Waals surface area contributed by atoms with E-state index in [1.54, 1.807) is 48.5 Å². The predicted octanol–water partition coefficient (Wildman–Crippen LogP) is 5.35. The Morgan fingerprint density at radius 3 is 2.59 bits per heavy atom. The second kappa shape index (κ2) is 9.11. The van der Waals surface area contributed by atoms with E-state index in [2.05, 4.69) is 9.97 Å². The van der Waals surface area contributed by atoms with Crippen LogP contribution in [0, 0.1) is 5.82 Å². The average Bonchev–Trinajstić information content (AvgIpc) is 3.41. The molecule has 0 aliphatic heterocycles. The third kappa shape index (κ3) is 4.96. The molecule has 4 aromatic rings. The van der Waals surface area contributed by atoms with E-state index in [1.165, 1.54) is 12.1 Å². The number of nitrogens with zero attached hydrogens (tertiary/aromatic N) is 3. The molecule has 2 heterocycles. The highest BCUT2D eigenvalue weighted by Gasteiger charge is 2.09. The first-order chi connectivity index (χ1) is 14.2. The number of thioether (sulfide) groups is 1. The number of hydrogen-bond acceptors (Lipinski definition) is 6. The Bertz CT molecular complexity index is 1060. The minimum Gasteiger partial charge on any atom is -0.497 e.